The number of aliphatic hydroxyl groups is 1. The summed E-state index contributed by atoms with van der Waals surface area (Å²) in [6, 6.07) is 30.4. The van der Waals surface area contributed by atoms with Gasteiger partial charge in [0.2, 0.25) is 0 Å². The van der Waals surface area contributed by atoms with Gasteiger partial charge in [0.25, 0.3) is 0 Å². The smallest absolute Gasteiger partial charge is 0.192 e. The summed E-state index contributed by atoms with van der Waals surface area (Å²) < 4.78 is 6.98. The molecule has 0 aliphatic carbocycles. The van der Waals surface area contributed by atoms with E-state index in [-0.39, 0.29) is 23.2 Å². The Bertz CT molecular complexity index is 1110. The number of rotatable bonds is 8. The van der Waals surface area contributed by atoms with Crippen molar-refractivity contribution in [3.8, 4) is 0 Å². The summed E-state index contributed by atoms with van der Waals surface area (Å²) in [6.45, 7) is 11.2. The molecule has 0 aromatic heterocycles. The third-order valence-corrected chi connectivity index (χ3v) is 11.9. The van der Waals surface area contributed by atoms with Gasteiger partial charge in [0, 0.05) is 6.42 Å². The van der Waals surface area contributed by atoms with Crippen molar-refractivity contribution in [1.29, 1.82) is 0 Å². The van der Waals surface area contributed by atoms with Crippen molar-refractivity contribution in [1.82, 2.24) is 0 Å². The molecule has 1 aliphatic rings. The second-order valence-corrected chi connectivity index (χ2v) is 15.6. The lowest BCUT2D eigenvalue weighted by atomic mass is 9.82. The van der Waals surface area contributed by atoms with Gasteiger partial charge in [-0.05, 0) is 34.8 Å². The van der Waals surface area contributed by atoms with E-state index in [0.29, 0.717) is 6.42 Å². The maximum absolute atomic E-state index is 11.2. The summed E-state index contributed by atoms with van der Waals surface area (Å²) in [5.74, 6) is -0.101. The molecule has 4 rings (SSSR count). The van der Waals surface area contributed by atoms with E-state index < -0.39 is 14.4 Å². The van der Waals surface area contributed by atoms with E-state index in [1.165, 1.54) is 0 Å². The Labute approximate surface area is 210 Å². The zero-order chi connectivity index (χ0) is 25.1. The number of nitrogens with zero attached hydrogens (tertiary/aromatic N) is 1. The Kier molecular flexibility index (Phi) is 7.60. The van der Waals surface area contributed by atoms with Crippen molar-refractivity contribution in [2.45, 2.75) is 69.6 Å². The first-order valence-corrected chi connectivity index (χ1v) is 15.3. The fourth-order valence-electron chi connectivity index (χ4n) is 4.33. The van der Waals surface area contributed by atoms with Crippen LogP contribution < -0.4 is 0 Å². The SMILES string of the molecule is CC(C)(C)[Si](C)(C)O[C@@H](C[C@H](O)c1ccccc1)C1=NO[C@H](c2ccccc2)[C@H]1c1ccccc1. The van der Waals surface area contributed by atoms with Crippen LogP contribution in [0.1, 0.15) is 62.0 Å². The first kappa shape index (κ1) is 25.4. The zero-order valence-corrected chi connectivity index (χ0v) is 22.4. The Hall–Kier alpha value is -2.73. The van der Waals surface area contributed by atoms with Gasteiger partial charge in [-0.25, -0.2) is 0 Å². The summed E-state index contributed by atoms with van der Waals surface area (Å²) in [5, 5.41) is 15.9. The first-order chi connectivity index (χ1) is 16.7. The summed E-state index contributed by atoms with van der Waals surface area (Å²) >= 11 is 0. The van der Waals surface area contributed by atoms with Crippen LogP contribution in [0.3, 0.4) is 0 Å². The van der Waals surface area contributed by atoms with Crippen molar-refractivity contribution < 1.29 is 14.4 Å². The number of hydrogen-bond donors (Lipinski definition) is 1. The van der Waals surface area contributed by atoms with E-state index in [1.807, 2.05) is 54.6 Å². The Balaban J connectivity index is 1.73. The second kappa shape index (κ2) is 10.5. The monoisotopic (exact) mass is 487 g/mol. The predicted octanol–water partition coefficient (Wildman–Crippen LogP) is 7.41. The predicted molar refractivity (Wildman–Crippen MR) is 145 cm³/mol. The molecule has 1 N–H and O–H groups in total. The lowest BCUT2D eigenvalue weighted by molar-refractivity contribution is 0.0762. The van der Waals surface area contributed by atoms with Crippen LogP contribution in [0.2, 0.25) is 18.1 Å². The van der Waals surface area contributed by atoms with E-state index in [2.05, 4.69) is 75.4 Å². The fraction of sp³-hybridized carbons (Fsp3) is 0.367. The average Bonchev–Trinajstić information content (AvgIpc) is 3.30. The average molecular weight is 488 g/mol. The maximum Gasteiger partial charge on any atom is 0.192 e. The molecule has 0 radical (unpaired) electrons. The van der Waals surface area contributed by atoms with E-state index in [1.54, 1.807) is 0 Å². The van der Waals surface area contributed by atoms with Crippen LogP contribution in [0.15, 0.2) is 96.2 Å². The highest BCUT2D eigenvalue weighted by Crippen LogP contribution is 2.45. The zero-order valence-electron chi connectivity index (χ0n) is 21.4. The highest BCUT2D eigenvalue weighted by Gasteiger charge is 2.46. The van der Waals surface area contributed by atoms with Crippen molar-refractivity contribution in [2.75, 3.05) is 0 Å². The standard InChI is InChI=1S/C30H37NO3Si/c1-30(2,3)35(4,5)34-26(21-25(32)22-15-9-6-10-16-22)28-27(23-17-11-7-12-18-23)29(33-31-28)24-19-13-8-14-20-24/h6-20,25-27,29,32H,21H2,1-5H3/t25-,26-,27-,29+/m0/s1. The lowest BCUT2D eigenvalue weighted by Gasteiger charge is -2.40. The molecule has 5 heteroatoms. The van der Waals surface area contributed by atoms with Crippen LogP contribution in [-0.2, 0) is 9.26 Å². The molecule has 3 aromatic rings. The molecule has 0 spiro atoms. The molecule has 3 aromatic carbocycles. The molecule has 0 bridgehead atoms. The third kappa shape index (κ3) is 5.75. The maximum atomic E-state index is 11.2. The van der Waals surface area contributed by atoms with Crippen molar-refractivity contribution in [2.24, 2.45) is 5.16 Å². The van der Waals surface area contributed by atoms with Gasteiger partial charge < -0.3 is 14.4 Å². The molecule has 0 saturated heterocycles. The molecule has 1 aliphatic heterocycles. The van der Waals surface area contributed by atoms with Crippen LogP contribution in [-0.4, -0.2) is 25.2 Å². The molecule has 4 nitrogen and oxygen atoms in total. The topological polar surface area (TPSA) is 51.0 Å². The van der Waals surface area contributed by atoms with E-state index in [4.69, 9.17) is 9.26 Å². The minimum Gasteiger partial charge on any atom is -0.408 e. The number of aliphatic hydroxyl groups excluding tert-OH is 1. The molecule has 0 saturated carbocycles. The quantitative estimate of drug-likeness (QED) is 0.337. The Morgan fingerprint density at radius 2 is 1.37 bits per heavy atom. The van der Waals surface area contributed by atoms with Crippen LogP contribution in [0.4, 0.5) is 0 Å². The van der Waals surface area contributed by atoms with Crippen molar-refractivity contribution >= 4 is 14.0 Å². The molecule has 184 valence electrons. The highest BCUT2D eigenvalue weighted by molar-refractivity contribution is 6.74. The Morgan fingerprint density at radius 1 is 0.857 bits per heavy atom. The largest absolute Gasteiger partial charge is 0.408 e. The first-order valence-electron chi connectivity index (χ1n) is 12.4. The molecule has 0 amide bonds. The number of hydrogen-bond acceptors (Lipinski definition) is 4. The van der Waals surface area contributed by atoms with Gasteiger partial charge in [-0.1, -0.05) is 117 Å². The van der Waals surface area contributed by atoms with E-state index in [9.17, 15) is 5.11 Å². The summed E-state index contributed by atoms with van der Waals surface area (Å²) in [5.41, 5.74) is 3.95. The highest BCUT2D eigenvalue weighted by atomic mass is 28.4. The van der Waals surface area contributed by atoms with E-state index >= 15 is 0 Å². The molecular weight excluding hydrogens is 450 g/mol. The summed E-state index contributed by atoms with van der Waals surface area (Å²) in [7, 11) is -2.18. The van der Waals surface area contributed by atoms with E-state index in [0.717, 1.165) is 22.4 Å². The summed E-state index contributed by atoms with van der Waals surface area (Å²) in [4.78, 5) is 6.13. The van der Waals surface area contributed by atoms with Crippen LogP contribution >= 0.6 is 0 Å². The molecule has 0 fully saturated rings. The lowest BCUT2D eigenvalue weighted by Crippen LogP contribution is -2.47. The molecule has 1 heterocycles. The van der Waals surface area contributed by atoms with Gasteiger partial charge in [0.05, 0.1) is 23.8 Å². The fourth-order valence-corrected chi connectivity index (χ4v) is 5.61. The number of benzene rings is 3. The van der Waals surface area contributed by atoms with Crippen LogP contribution in [0.5, 0.6) is 0 Å². The minimum absolute atomic E-state index is 0.0179. The van der Waals surface area contributed by atoms with Gasteiger partial charge in [0.1, 0.15) is 0 Å². The molecule has 0 unspecified atom stereocenters. The Morgan fingerprint density at radius 3 is 1.91 bits per heavy atom. The molecule has 4 atom stereocenters. The van der Waals surface area contributed by atoms with Crippen molar-refractivity contribution in [3.63, 3.8) is 0 Å². The normalized spacial score (nSPS) is 20.1. The van der Waals surface area contributed by atoms with Crippen LogP contribution in [0.25, 0.3) is 0 Å². The van der Waals surface area contributed by atoms with Gasteiger partial charge in [-0.2, -0.15) is 0 Å². The van der Waals surface area contributed by atoms with Gasteiger partial charge >= 0.3 is 0 Å². The second-order valence-electron chi connectivity index (χ2n) is 10.9. The third-order valence-electron chi connectivity index (χ3n) is 7.37. The number of oxime groups is 1. The van der Waals surface area contributed by atoms with Gasteiger partial charge in [-0.3, -0.25) is 0 Å². The minimum atomic E-state index is -2.18. The van der Waals surface area contributed by atoms with Crippen molar-refractivity contribution in [3.05, 3.63) is 108 Å². The summed E-state index contributed by atoms with van der Waals surface area (Å²) in [6.07, 6.45) is -0.859. The van der Waals surface area contributed by atoms with Gasteiger partial charge in [0.15, 0.2) is 14.4 Å². The molecule has 35 heavy (non-hydrogen) atoms. The molecular formula is C30H37NO3Si. The van der Waals surface area contributed by atoms with Crippen LogP contribution in [0, 0.1) is 0 Å². The van der Waals surface area contributed by atoms with Gasteiger partial charge in [-0.15, -0.1) is 0 Å².